The van der Waals surface area contributed by atoms with E-state index in [1.54, 1.807) is 25.1 Å². The Morgan fingerprint density at radius 3 is 2.89 bits per heavy atom. The third-order valence-corrected chi connectivity index (χ3v) is 2.44. The number of ether oxygens (including phenoxy) is 2. The topological polar surface area (TPSA) is 72.5 Å². The molecule has 0 spiro atoms. The number of hydrogen-bond acceptors (Lipinski definition) is 5. The Morgan fingerprint density at radius 1 is 1.50 bits per heavy atom. The number of carbonyl (C=O) groups excluding carboxylic acids is 1. The molecule has 0 N–H and O–H groups in total. The number of nitrogens with zero attached hydrogens (tertiary/aromatic N) is 1. The Kier molecular flexibility index (Phi) is 3.20. The second kappa shape index (κ2) is 4.80. The molecule has 2 aromatic rings. The van der Waals surface area contributed by atoms with Crippen molar-refractivity contribution < 1.29 is 18.7 Å². The summed E-state index contributed by atoms with van der Waals surface area (Å²) in [5.41, 5.74) is 0.950. The number of furan rings is 1. The molecule has 0 unspecified atom stereocenters. The Bertz CT molecular complexity index is 636. The summed E-state index contributed by atoms with van der Waals surface area (Å²) in [6, 6.07) is 6.87. The molecule has 1 aromatic heterocycles. The zero-order valence-corrected chi connectivity index (χ0v) is 10.0. The molecule has 0 atom stereocenters. The molecule has 0 aliphatic carbocycles. The van der Waals surface area contributed by atoms with Gasteiger partial charge in [-0.25, -0.2) is 4.79 Å². The Hall–Kier alpha value is -2.48. The smallest absolute Gasteiger partial charge is 0.378 e. The lowest BCUT2D eigenvalue weighted by molar-refractivity contribution is 0.0488. The van der Waals surface area contributed by atoms with Crippen molar-refractivity contribution in [3.63, 3.8) is 0 Å². The van der Waals surface area contributed by atoms with Gasteiger partial charge in [-0.2, -0.15) is 5.26 Å². The monoisotopic (exact) mass is 245 g/mol. The molecule has 1 aromatic carbocycles. The van der Waals surface area contributed by atoms with Crippen molar-refractivity contribution in [2.75, 3.05) is 13.7 Å². The van der Waals surface area contributed by atoms with Gasteiger partial charge in [0.15, 0.2) is 5.75 Å². The average Bonchev–Trinajstić information content (AvgIpc) is 2.76. The normalized spacial score (nSPS) is 10.1. The van der Waals surface area contributed by atoms with Crippen LogP contribution in [0.15, 0.2) is 22.6 Å². The lowest BCUT2D eigenvalue weighted by Crippen LogP contribution is -2.04. The maximum Gasteiger partial charge on any atom is 0.378 e. The van der Waals surface area contributed by atoms with Gasteiger partial charge in [-0.1, -0.05) is 0 Å². The zero-order valence-electron chi connectivity index (χ0n) is 10.0. The lowest BCUT2D eigenvalue weighted by Gasteiger charge is -2.00. The van der Waals surface area contributed by atoms with Gasteiger partial charge in [-0.15, -0.1) is 0 Å². The van der Waals surface area contributed by atoms with E-state index < -0.39 is 5.97 Å². The van der Waals surface area contributed by atoms with E-state index in [9.17, 15) is 4.79 Å². The molecule has 18 heavy (non-hydrogen) atoms. The molecule has 0 radical (unpaired) electrons. The van der Waals surface area contributed by atoms with Crippen molar-refractivity contribution in [3.8, 4) is 11.8 Å². The van der Waals surface area contributed by atoms with Crippen LogP contribution in [0.4, 0.5) is 0 Å². The number of carbonyl (C=O) groups is 1. The van der Waals surface area contributed by atoms with Crippen molar-refractivity contribution >= 4 is 16.9 Å². The van der Waals surface area contributed by atoms with E-state index in [2.05, 4.69) is 0 Å². The van der Waals surface area contributed by atoms with Crippen LogP contribution in [0.25, 0.3) is 11.0 Å². The summed E-state index contributed by atoms with van der Waals surface area (Å²) >= 11 is 0. The quantitative estimate of drug-likeness (QED) is 0.777. The standard InChI is InChI=1S/C13H11NO4/c1-3-17-13(15)12-11(16-2)9-6-8(7-14)4-5-10(9)18-12/h4-6H,3H2,1-2H3. The highest BCUT2D eigenvalue weighted by molar-refractivity contribution is 5.99. The van der Waals surface area contributed by atoms with Crippen molar-refractivity contribution in [3.05, 3.63) is 29.5 Å². The zero-order chi connectivity index (χ0) is 13.1. The van der Waals surface area contributed by atoms with Gasteiger partial charge in [-0.05, 0) is 25.1 Å². The highest BCUT2D eigenvalue weighted by Gasteiger charge is 2.22. The lowest BCUT2D eigenvalue weighted by atomic mass is 10.1. The molecule has 0 amide bonds. The van der Waals surface area contributed by atoms with E-state index in [0.717, 1.165) is 0 Å². The Morgan fingerprint density at radius 2 is 2.28 bits per heavy atom. The first kappa shape index (κ1) is 12.0. The van der Waals surface area contributed by atoms with Gasteiger partial charge in [0.2, 0.25) is 0 Å². The average molecular weight is 245 g/mol. The van der Waals surface area contributed by atoms with Gasteiger partial charge in [0.1, 0.15) is 5.58 Å². The number of methoxy groups -OCH3 is 1. The maximum absolute atomic E-state index is 11.7. The molecule has 5 nitrogen and oxygen atoms in total. The van der Waals surface area contributed by atoms with Gasteiger partial charge in [0.25, 0.3) is 5.76 Å². The van der Waals surface area contributed by atoms with Crippen molar-refractivity contribution in [2.45, 2.75) is 6.92 Å². The van der Waals surface area contributed by atoms with E-state index in [1.807, 2.05) is 6.07 Å². The van der Waals surface area contributed by atoms with E-state index in [1.165, 1.54) is 7.11 Å². The molecule has 0 fully saturated rings. The highest BCUT2D eigenvalue weighted by atomic mass is 16.5. The van der Waals surface area contributed by atoms with Crippen LogP contribution in [-0.2, 0) is 4.74 Å². The van der Waals surface area contributed by atoms with E-state index in [-0.39, 0.29) is 12.4 Å². The molecule has 5 heteroatoms. The van der Waals surface area contributed by atoms with Gasteiger partial charge in [0, 0.05) is 0 Å². The van der Waals surface area contributed by atoms with Crippen molar-refractivity contribution in [1.29, 1.82) is 5.26 Å². The number of rotatable bonds is 3. The fourth-order valence-corrected chi connectivity index (χ4v) is 1.68. The predicted octanol–water partition coefficient (Wildman–Crippen LogP) is 2.49. The van der Waals surface area contributed by atoms with Crippen LogP contribution in [0, 0.1) is 11.3 Å². The third-order valence-electron chi connectivity index (χ3n) is 2.44. The minimum Gasteiger partial charge on any atom is -0.492 e. The molecule has 0 saturated carbocycles. The first-order chi connectivity index (χ1) is 8.71. The van der Waals surface area contributed by atoms with Gasteiger partial charge in [0.05, 0.1) is 30.7 Å². The van der Waals surface area contributed by atoms with E-state index >= 15 is 0 Å². The maximum atomic E-state index is 11.7. The van der Waals surface area contributed by atoms with Crippen LogP contribution in [0.3, 0.4) is 0 Å². The largest absolute Gasteiger partial charge is 0.492 e. The Labute approximate surface area is 104 Å². The molecular weight excluding hydrogens is 234 g/mol. The molecule has 2 rings (SSSR count). The highest BCUT2D eigenvalue weighted by Crippen LogP contribution is 2.33. The fraction of sp³-hybridized carbons (Fsp3) is 0.231. The molecule has 1 heterocycles. The summed E-state index contributed by atoms with van der Waals surface area (Å²) in [4.78, 5) is 11.7. The summed E-state index contributed by atoms with van der Waals surface area (Å²) in [5.74, 6) is -0.269. The Balaban J connectivity index is 2.62. The summed E-state index contributed by atoms with van der Waals surface area (Å²) in [5, 5.41) is 9.43. The molecule has 92 valence electrons. The minimum absolute atomic E-state index is 0.0180. The molecule has 0 saturated heterocycles. The van der Waals surface area contributed by atoms with Crippen LogP contribution in [0.2, 0.25) is 0 Å². The van der Waals surface area contributed by atoms with Crippen LogP contribution in [-0.4, -0.2) is 19.7 Å². The van der Waals surface area contributed by atoms with Gasteiger partial charge >= 0.3 is 5.97 Å². The number of benzene rings is 1. The van der Waals surface area contributed by atoms with Crippen LogP contribution < -0.4 is 4.74 Å². The SMILES string of the molecule is CCOC(=O)c1oc2ccc(C#N)cc2c1OC. The van der Waals surface area contributed by atoms with E-state index in [4.69, 9.17) is 19.2 Å². The third kappa shape index (κ3) is 1.89. The fourth-order valence-electron chi connectivity index (χ4n) is 1.68. The summed E-state index contributed by atoms with van der Waals surface area (Å²) in [7, 11) is 1.44. The van der Waals surface area contributed by atoms with Gasteiger partial charge in [-0.3, -0.25) is 0 Å². The number of hydrogen-bond donors (Lipinski definition) is 0. The summed E-state index contributed by atoms with van der Waals surface area (Å²) in [6.45, 7) is 1.96. The molecule has 0 bridgehead atoms. The molecular formula is C13H11NO4. The predicted molar refractivity (Wildman–Crippen MR) is 63.4 cm³/mol. The first-order valence-corrected chi connectivity index (χ1v) is 5.39. The van der Waals surface area contributed by atoms with E-state index in [0.29, 0.717) is 22.3 Å². The minimum atomic E-state index is -0.580. The van der Waals surface area contributed by atoms with Crippen molar-refractivity contribution in [1.82, 2.24) is 0 Å². The number of esters is 1. The van der Waals surface area contributed by atoms with Gasteiger partial charge < -0.3 is 13.9 Å². The molecule has 0 aliphatic rings. The molecule has 0 aliphatic heterocycles. The second-order valence-electron chi connectivity index (χ2n) is 3.51. The van der Waals surface area contributed by atoms with Crippen molar-refractivity contribution in [2.24, 2.45) is 0 Å². The summed E-state index contributed by atoms with van der Waals surface area (Å²) in [6.07, 6.45) is 0. The number of fused-ring (bicyclic) bond motifs is 1. The second-order valence-corrected chi connectivity index (χ2v) is 3.51. The number of nitriles is 1. The van der Waals surface area contributed by atoms with Crippen LogP contribution >= 0.6 is 0 Å². The van der Waals surface area contributed by atoms with Crippen LogP contribution in [0.5, 0.6) is 5.75 Å². The van der Waals surface area contributed by atoms with Crippen LogP contribution in [0.1, 0.15) is 23.0 Å². The summed E-state index contributed by atoms with van der Waals surface area (Å²) < 4.78 is 15.4. The first-order valence-electron chi connectivity index (χ1n) is 5.39.